The largest absolute Gasteiger partial charge is 0.409 e. The Balaban J connectivity index is 3.14. The van der Waals surface area contributed by atoms with Crippen LogP contribution in [0, 0.1) is 0 Å². The summed E-state index contributed by atoms with van der Waals surface area (Å²) in [6.07, 6.45) is -4.29. The van der Waals surface area contributed by atoms with Gasteiger partial charge in [-0.05, 0) is 48.0 Å². The van der Waals surface area contributed by atoms with Gasteiger partial charge in [-0.15, -0.1) is 0 Å². The molecule has 112 valence electrons. The smallest absolute Gasteiger partial charge is 0.405 e. The summed E-state index contributed by atoms with van der Waals surface area (Å²) in [5, 5.41) is 11.5. The summed E-state index contributed by atoms with van der Waals surface area (Å²) in [4.78, 5) is 1.22. The summed E-state index contributed by atoms with van der Waals surface area (Å²) in [7, 11) is 0. The van der Waals surface area contributed by atoms with E-state index >= 15 is 0 Å². The van der Waals surface area contributed by atoms with E-state index in [0.29, 0.717) is 15.7 Å². The van der Waals surface area contributed by atoms with Crippen molar-refractivity contribution in [3.63, 3.8) is 0 Å². The topological polar surface area (TPSA) is 61.8 Å². The average Bonchev–Trinajstić information content (AvgIpc) is 2.33. The molecule has 0 saturated heterocycles. The fourth-order valence-electron chi connectivity index (χ4n) is 1.71. The third kappa shape index (κ3) is 4.29. The molecule has 0 spiro atoms. The predicted octanol–water partition coefficient (Wildman–Crippen LogP) is 3.32. The molecule has 0 amide bonds. The van der Waals surface area contributed by atoms with Gasteiger partial charge in [0.05, 0.1) is 0 Å². The second-order valence-electron chi connectivity index (χ2n) is 4.49. The minimum Gasteiger partial charge on any atom is -0.409 e. The van der Waals surface area contributed by atoms with Crippen LogP contribution < -0.4 is 10.6 Å². The molecular formula is C12H15BrF3N3O. The zero-order chi connectivity index (χ0) is 15.5. The molecule has 3 N–H and O–H groups in total. The van der Waals surface area contributed by atoms with E-state index in [-0.39, 0.29) is 11.9 Å². The molecule has 0 aliphatic carbocycles. The minimum atomic E-state index is -4.29. The summed E-state index contributed by atoms with van der Waals surface area (Å²) in [5.41, 5.74) is 6.27. The van der Waals surface area contributed by atoms with Crippen LogP contribution in [0.3, 0.4) is 0 Å². The Kier molecular flexibility index (Phi) is 5.27. The lowest BCUT2D eigenvalue weighted by Gasteiger charge is -2.30. The number of oxime groups is 1. The van der Waals surface area contributed by atoms with Gasteiger partial charge < -0.3 is 15.8 Å². The fraction of sp³-hybridized carbons (Fsp3) is 0.417. The molecule has 8 heteroatoms. The maximum atomic E-state index is 12.6. The second-order valence-corrected chi connectivity index (χ2v) is 5.34. The Bertz CT molecular complexity index is 503. The summed E-state index contributed by atoms with van der Waals surface area (Å²) in [5.74, 6) is -0.115. The van der Waals surface area contributed by atoms with E-state index in [4.69, 9.17) is 10.9 Å². The maximum absolute atomic E-state index is 12.6. The van der Waals surface area contributed by atoms with Gasteiger partial charge in [0, 0.05) is 21.8 Å². The number of anilines is 1. The molecule has 0 aliphatic rings. The van der Waals surface area contributed by atoms with Gasteiger partial charge in [-0.1, -0.05) is 5.16 Å². The van der Waals surface area contributed by atoms with E-state index in [1.165, 1.54) is 23.1 Å². The van der Waals surface area contributed by atoms with E-state index in [9.17, 15) is 13.2 Å². The number of nitrogens with zero attached hydrogens (tertiary/aromatic N) is 2. The monoisotopic (exact) mass is 353 g/mol. The Hall–Kier alpha value is -1.44. The highest BCUT2D eigenvalue weighted by Gasteiger charge is 2.32. The lowest BCUT2D eigenvalue weighted by Crippen LogP contribution is -2.39. The molecule has 1 aromatic carbocycles. The molecule has 0 fully saturated rings. The second kappa shape index (κ2) is 6.34. The lowest BCUT2D eigenvalue weighted by molar-refractivity contribution is -0.120. The van der Waals surface area contributed by atoms with Crippen molar-refractivity contribution in [3.8, 4) is 0 Å². The van der Waals surface area contributed by atoms with Gasteiger partial charge in [0.15, 0.2) is 5.84 Å². The lowest BCUT2D eigenvalue weighted by atomic mass is 10.1. The molecular weight excluding hydrogens is 339 g/mol. The molecule has 0 saturated carbocycles. The minimum absolute atomic E-state index is 0.115. The first kappa shape index (κ1) is 16.6. The van der Waals surface area contributed by atoms with Gasteiger partial charge in [0.25, 0.3) is 0 Å². The van der Waals surface area contributed by atoms with Crippen LogP contribution in [0.25, 0.3) is 0 Å². The number of hydrogen-bond donors (Lipinski definition) is 2. The maximum Gasteiger partial charge on any atom is 0.405 e. The van der Waals surface area contributed by atoms with Crippen molar-refractivity contribution in [2.45, 2.75) is 26.1 Å². The highest BCUT2D eigenvalue weighted by Crippen LogP contribution is 2.28. The van der Waals surface area contributed by atoms with Crippen LogP contribution in [0.5, 0.6) is 0 Å². The number of alkyl halides is 3. The number of hydrogen-bond acceptors (Lipinski definition) is 3. The van der Waals surface area contributed by atoms with Gasteiger partial charge in [-0.25, -0.2) is 0 Å². The van der Waals surface area contributed by atoms with Crippen LogP contribution in [-0.4, -0.2) is 29.8 Å². The normalized spacial score (nSPS) is 12.8. The first-order chi connectivity index (χ1) is 9.15. The number of rotatable bonds is 4. The van der Waals surface area contributed by atoms with Crippen molar-refractivity contribution in [1.82, 2.24) is 0 Å². The summed E-state index contributed by atoms with van der Waals surface area (Å²) < 4.78 is 38.2. The first-order valence-electron chi connectivity index (χ1n) is 5.76. The van der Waals surface area contributed by atoms with Gasteiger partial charge in [-0.3, -0.25) is 0 Å². The highest BCUT2D eigenvalue weighted by molar-refractivity contribution is 9.10. The zero-order valence-corrected chi connectivity index (χ0v) is 12.5. The van der Waals surface area contributed by atoms with Crippen LogP contribution in [0.2, 0.25) is 0 Å². The van der Waals surface area contributed by atoms with Crippen LogP contribution in [0.4, 0.5) is 18.9 Å². The molecule has 4 nitrogen and oxygen atoms in total. The average molecular weight is 354 g/mol. The zero-order valence-electron chi connectivity index (χ0n) is 10.9. The fourth-order valence-corrected chi connectivity index (χ4v) is 2.28. The quantitative estimate of drug-likeness (QED) is 0.377. The van der Waals surface area contributed by atoms with E-state index in [1.54, 1.807) is 13.8 Å². The Morgan fingerprint density at radius 2 is 2.05 bits per heavy atom. The molecule has 0 aliphatic heterocycles. The van der Waals surface area contributed by atoms with Crippen molar-refractivity contribution >= 4 is 27.5 Å². The molecule has 0 unspecified atom stereocenters. The van der Waals surface area contributed by atoms with E-state index in [2.05, 4.69) is 21.1 Å². The molecule has 1 aromatic rings. The van der Waals surface area contributed by atoms with E-state index in [0.717, 1.165) is 0 Å². The van der Waals surface area contributed by atoms with Gasteiger partial charge >= 0.3 is 6.18 Å². The Labute approximate surface area is 123 Å². The van der Waals surface area contributed by atoms with Gasteiger partial charge in [0.1, 0.15) is 6.54 Å². The summed E-state index contributed by atoms with van der Waals surface area (Å²) in [6.45, 7) is 2.31. The van der Waals surface area contributed by atoms with E-state index < -0.39 is 12.7 Å². The number of benzene rings is 1. The van der Waals surface area contributed by atoms with Crippen molar-refractivity contribution in [1.29, 1.82) is 0 Å². The van der Waals surface area contributed by atoms with E-state index in [1.807, 2.05) is 0 Å². The van der Waals surface area contributed by atoms with Crippen molar-refractivity contribution < 1.29 is 18.4 Å². The number of amidine groups is 1. The molecule has 1 rings (SSSR count). The molecule has 0 atom stereocenters. The van der Waals surface area contributed by atoms with Crippen LogP contribution in [-0.2, 0) is 0 Å². The molecule has 0 radical (unpaired) electrons. The Morgan fingerprint density at radius 1 is 1.45 bits per heavy atom. The van der Waals surface area contributed by atoms with Crippen LogP contribution >= 0.6 is 15.9 Å². The predicted molar refractivity (Wildman–Crippen MR) is 75.2 cm³/mol. The molecule has 20 heavy (non-hydrogen) atoms. The standard InChI is InChI=1S/C12H15BrF3N3O/c1-7(2)19(6-12(14,15)16)8-3-4-9(10(13)5-8)11(17)18-20/h3-5,7,20H,6H2,1-2H3,(H2,17,18). The van der Waals surface area contributed by atoms with Crippen molar-refractivity contribution in [3.05, 3.63) is 28.2 Å². The third-order valence-electron chi connectivity index (χ3n) is 2.64. The highest BCUT2D eigenvalue weighted by atomic mass is 79.9. The molecule has 0 bridgehead atoms. The van der Waals surface area contributed by atoms with Crippen LogP contribution in [0.15, 0.2) is 27.8 Å². The SMILES string of the molecule is CC(C)N(CC(F)(F)F)c1ccc(/C(N)=N/O)c(Br)c1. The van der Waals surface area contributed by atoms with Gasteiger partial charge in [-0.2, -0.15) is 13.2 Å². The number of halogens is 4. The van der Waals surface area contributed by atoms with Crippen LogP contribution in [0.1, 0.15) is 19.4 Å². The van der Waals surface area contributed by atoms with Crippen molar-refractivity contribution in [2.75, 3.05) is 11.4 Å². The molecule has 0 heterocycles. The number of nitrogens with two attached hydrogens (primary N) is 1. The summed E-state index contributed by atoms with van der Waals surface area (Å²) >= 11 is 3.21. The third-order valence-corrected chi connectivity index (χ3v) is 3.30. The van der Waals surface area contributed by atoms with Crippen molar-refractivity contribution in [2.24, 2.45) is 10.9 Å². The first-order valence-corrected chi connectivity index (χ1v) is 6.56. The Morgan fingerprint density at radius 3 is 2.45 bits per heavy atom. The molecule has 0 aromatic heterocycles. The summed E-state index contributed by atoms with van der Waals surface area (Å²) in [6, 6.07) is 4.20. The van der Waals surface area contributed by atoms with Gasteiger partial charge in [0.2, 0.25) is 0 Å².